The smallest absolute Gasteiger partial charge is 0.321 e. The predicted molar refractivity (Wildman–Crippen MR) is 54.3 cm³/mol. The van der Waals surface area contributed by atoms with Crippen LogP contribution in [0, 0.1) is 6.92 Å². The van der Waals surface area contributed by atoms with E-state index in [9.17, 15) is 18.0 Å². The molecule has 0 aliphatic carbocycles. The normalized spacial score (nSPS) is 12.0. The average Bonchev–Trinajstić information content (AvgIpc) is 2.15. The summed E-state index contributed by atoms with van der Waals surface area (Å²) >= 11 is 0. The van der Waals surface area contributed by atoms with E-state index in [1.165, 1.54) is 18.2 Å². The van der Waals surface area contributed by atoms with Gasteiger partial charge in [-0.1, -0.05) is 6.07 Å². The molecule has 0 amide bonds. The Kier molecular flexibility index (Phi) is 2.26. The van der Waals surface area contributed by atoms with E-state index in [0.717, 1.165) is 6.07 Å². The van der Waals surface area contributed by atoms with E-state index >= 15 is 0 Å². The number of halogens is 3. The Hall–Kier alpha value is -1.78. The molecule has 0 aliphatic rings. The lowest BCUT2D eigenvalue weighted by Crippen LogP contribution is -2.11. The van der Waals surface area contributed by atoms with Gasteiger partial charge in [-0.3, -0.25) is 4.79 Å². The van der Waals surface area contributed by atoms with Crippen molar-refractivity contribution in [1.82, 2.24) is 4.98 Å². The first-order valence-corrected chi connectivity index (χ1v) is 4.59. The number of hydrogen-bond acceptors (Lipinski definition) is 1. The molecule has 2 nitrogen and oxygen atoms in total. The largest absolute Gasteiger partial charge is 0.418 e. The number of fused-ring (bicyclic) bond motifs is 1. The molecule has 16 heavy (non-hydrogen) atoms. The Morgan fingerprint density at radius 1 is 1.12 bits per heavy atom. The number of alkyl halides is 3. The van der Waals surface area contributed by atoms with Crippen LogP contribution in [-0.2, 0) is 6.18 Å². The van der Waals surface area contributed by atoms with Gasteiger partial charge in [0.2, 0.25) is 5.56 Å². The molecule has 0 fully saturated rings. The van der Waals surface area contributed by atoms with Gasteiger partial charge in [0, 0.05) is 11.5 Å². The highest BCUT2D eigenvalue weighted by molar-refractivity contribution is 5.85. The van der Waals surface area contributed by atoms with Crippen LogP contribution in [0.1, 0.15) is 11.1 Å². The number of aryl methyl sites for hydroxylation is 1. The molecule has 1 heterocycles. The second kappa shape index (κ2) is 3.37. The highest BCUT2D eigenvalue weighted by atomic mass is 19.4. The molecule has 0 spiro atoms. The molecular formula is C11H8F3NO. The van der Waals surface area contributed by atoms with E-state index in [-0.39, 0.29) is 5.52 Å². The lowest BCUT2D eigenvalue weighted by Gasteiger charge is -2.11. The lowest BCUT2D eigenvalue weighted by atomic mass is 10.0. The SMILES string of the molecule is Cc1ccc(C(F)(F)F)c2[nH]c(=O)ccc12. The van der Waals surface area contributed by atoms with Crippen molar-refractivity contribution in [1.29, 1.82) is 0 Å². The van der Waals surface area contributed by atoms with Gasteiger partial charge < -0.3 is 4.98 Å². The third-order valence-electron chi connectivity index (χ3n) is 2.42. The molecule has 0 radical (unpaired) electrons. The van der Waals surface area contributed by atoms with Crippen LogP contribution in [0.3, 0.4) is 0 Å². The minimum atomic E-state index is -4.46. The molecular weight excluding hydrogens is 219 g/mol. The third-order valence-corrected chi connectivity index (χ3v) is 2.42. The van der Waals surface area contributed by atoms with Gasteiger partial charge in [0.05, 0.1) is 11.1 Å². The summed E-state index contributed by atoms with van der Waals surface area (Å²) in [4.78, 5) is 13.3. The molecule has 0 aliphatic heterocycles. The van der Waals surface area contributed by atoms with E-state index in [1.54, 1.807) is 6.92 Å². The van der Waals surface area contributed by atoms with Crippen molar-refractivity contribution >= 4 is 10.9 Å². The molecule has 1 N–H and O–H groups in total. The van der Waals surface area contributed by atoms with Crippen molar-refractivity contribution in [3.8, 4) is 0 Å². The number of pyridine rings is 1. The van der Waals surface area contributed by atoms with Gasteiger partial charge in [0.15, 0.2) is 0 Å². The van der Waals surface area contributed by atoms with Crippen molar-refractivity contribution in [2.24, 2.45) is 0 Å². The standard InChI is InChI=1S/C11H8F3NO/c1-6-2-4-8(11(12,13)14)10-7(6)3-5-9(16)15-10/h2-5H,1H3,(H,15,16). The summed E-state index contributed by atoms with van der Waals surface area (Å²) in [7, 11) is 0. The number of rotatable bonds is 0. The summed E-state index contributed by atoms with van der Waals surface area (Å²) in [5, 5.41) is 0.412. The van der Waals surface area contributed by atoms with Crippen molar-refractivity contribution in [2.75, 3.05) is 0 Å². The topological polar surface area (TPSA) is 32.9 Å². The Bertz CT molecular complexity index is 598. The highest BCUT2D eigenvalue weighted by Gasteiger charge is 2.33. The summed E-state index contributed by atoms with van der Waals surface area (Å²) in [6.45, 7) is 1.70. The van der Waals surface area contributed by atoms with Crippen LogP contribution >= 0.6 is 0 Å². The fraction of sp³-hybridized carbons (Fsp3) is 0.182. The Morgan fingerprint density at radius 3 is 2.44 bits per heavy atom. The van der Waals surface area contributed by atoms with Gasteiger partial charge in [0.25, 0.3) is 0 Å². The van der Waals surface area contributed by atoms with E-state index in [2.05, 4.69) is 4.98 Å². The van der Waals surface area contributed by atoms with Crippen molar-refractivity contribution in [3.63, 3.8) is 0 Å². The van der Waals surface area contributed by atoms with Crippen LogP contribution in [0.15, 0.2) is 29.1 Å². The van der Waals surface area contributed by atoms with Crippen molar-refractivity contribution in [2.45, 2.75) is 13.1 Å². The maximum absolute atomic E-state index is 12.7. The maximum atomic E-state index is 12.7. The zero-order valence-corrected chi connectivity index (χ0v) is 8.35. The van der Waals surface area contributed by atoms with Crippen molar-refractivity contribution < 1.29 is 13.2 Å². The quantitative estimate of drug-likeness (QED) is 0.737. The number of aromatic amines is 1. The summed E-state index contributed by atoms with van der Waals surface area (Å²) in [5.41, 5.74) is -0.811. The summed E-state index contributed by atoms with van der Waals surface area (Å²) < 4.78 is 38.0. The first-order chi connectivity index (χ1) is 7.39. The molecule has 1 aromatic heterocycles. The van der Waals surface area contributed by atoms with Gasteiger partial charge in [-0.25, -0.2) is 0 Å². The van der Waals surface area contributed by atoms with Gasteiger partial charge in [-0.2, -0.15) is 13.2 Å². The Labute approximate surface area is 88.7 Å². The van der Waals surface area contributed by atoms with E-state index in [4.69, 9.17) is 0 Å². The zero-order valence-electron chi connectivity index (χ0n) is 8.35. The summed E-state index contributed by atoms with van der Waals surface area (Å²) in [6, 6.07) is 4.99. The van der Waals surface area contributed by atoms with Gasteiger partial charge in [0.1, 0.15) is 0 Å². The van der Waals surface area contributed by atoms with Crippen LogP contribution in [0.5, 0.6) is 0 Å². The van der Waals surface area contributed by atoms with E-state index < -0.39 is 17.3 Å². The molecule has 0 atom stereocenters. The third kappa shape index (κ3) is 1.68. The Balaban J connectivity index is 2.92. The molecule has 2 rings (SSSR count). The van der Waals surface area contributed by atoms with Crippen LogP contribution in [-0.4, -0.2) is 4.98 Å². The summed E-state index contributed by atoms with van der Waals surface area (Å²) in [5.74, 6) is 0. The number of aromatic nitrogens is 1. The highest BCUT2D eigenvalue weighted by Crippen LogP contribution is 2.34. The summed E-state index contributed by atoms with van der Waals surface area (Å²) in [6.07, 6.45) is -4.46. The minimum Gasteiger partial charge on any atom is -0.321 e. The lowest BCUT2D eigenvalue weighted by molar-refractivity contribution is -0.136. The van der Waals surface area contributed by atoms with Gasteiger partial charge >= 0.3 is 6.18 Å². The zero-order chi connectivity index (χ0) is 11.9. The fourth-order valence-electron chi connectivity index (χ4n) is 1.63. The molecule has 0 saturated heterocycles. The van der Waals surface area contributed by atoms with Crippen LogP contribution in [0.2, 0.25) is 0 Å². The molecule has 84 valence electrons. The van der Waals surface area contributed by atoms with Crippen LogP contribution < -0.4 is 5.56 Å². The maximum Gasteiger partial charge on any atom is 0.418 e. The van der Waals surface area contributed by atoms with Crippen LogP contribution in [0.4, 0.5) is 13.2 Å². The second-order valence-electron chi connectivity index (χ2n) is 3.54. The first-order valence-electron chi connectivity index (χ1n) is 4.59. The molecule has 5 heteroatoms. The van der Waals surface area contributed by atoms with Gasteiger partial charge in [-0.15, -0.1) is 0 Å². The predicted octanol–water partition coefficient (Wildman–Crippen LogP) is 2.86. The Morgan fingerprint density at radius 2 is 1.81 bits per heavy atom. The van der Waals surface area contributed by atoms with E-state index in [0.29, 0.717) is 10.9 Å². The average molecular weight is 227 g/mol. The molecule has 1 aromatic carbocycles. The first kappa shape index (κ1) is 10.7. The molecule has 0 saturated carbocycles. The monoisotopic (exact) mass is 227 g/mol. The number of H-pyrrole nitrogens is 1. The number of hydrogen-bond donors (Lipinski definition) is 1. The minimum absolute atomic E-state index is 0.153. The molecule has 0 unspecified atom stereocenters. The molecule has 2 aromatic rings. The fourth-order valence-corrected chi connectivity index (χ4v) is 1.63. The number of nitrogens with one attached hydrogen (secondary N) is 1. The van der Waals surface area contributed by atoms with Crippen molar-refractivity contribution in [3.05, 3.63) is 45.7 Å². The van der Waals surface area contributed by atoms with E-state index in [1.807, 2.05) is 0 Å². The second-order valence-corrected chi connectivity index (χ2v) is 3.54. The molecule has 0 bridgehead atoms. The number of benzene rings is 1. The van der Waals surface area contributed by atoms with Crippen LogP contribution in [0.25, 0.3) is 10.9 Å². The van der Waals surface area contributed by atoms with Gasteiger partial charge in [-0.05, 0) is 24.6 Å².